The number of pyridine rings is 2. The molecule has 0 radical (unpaired) electrons. The molecule has 0 spiro atoms. The van der Waals surface area contributed by atoms with Crippen LogP contribution in [0, 0.1) is 0 Å². The van der Waals surface area contributed by atoms with Crippen molar-refractivity contribution >= 4 is 19.9 Å². The van der Waals surface area contributed by atoms with Crippen LogP contribution in [0.4, 0.5) is 0 Å². The summed E-state index contributed by atoms with van der Waals surface area (Å²) in [5.74, 6) is 0.561. The van der Waals surface area contributed by atoms with E-state index in [0.29, 0.717) is 54.0 Å². The fraction of sp³-hybridized carbons (Fsp3) is 0.568. The zero-order valence-electron chi connectivity index (χ0n) is 28.8. The minimum atomic E-state index is -1.92. The molecule has 46 heavy (non-hydrogen) atoms. The molecule has 1 aromatic carbocycles. The van der Waals surface area contributed by atoms with Crippen molar-refractivity contribution in [3.63, 3.8) is 0 Å². The molecule has 1 aliphatic heterocycles. The molecule has 2 aromatic heterocycles. The minimum absolute atomic E-state index is 0.0734. The van der Waals surface area contributed by atoms with Gasteiger partial charge < -0.3 is 23.4 Å². The summed E-state index contributed by atoms with van der Waals surface area (Å²) >= 11 is 6.59. The van der Waals surface area contributed by atoms with E-state index < -0.39 is 8.32 Å². The highest BCUT2D eigenvalue weighted by atomic mass is 35.5. The number of benzene rings is 1. The van der Waals surface area contributed by atoms with Gasteiger partial charge >= 0.3 is 0 Å². The molecule has 0 N–H and O–H groups in total. The van der Waals surface area contributed by atoms with E-state index >= 15 is 0 Å². The maximum absolute atomic E-state index is 6.80. The molecular weight excluding hydrogens is 616 g/mol. The monoisotopic (exact) mass is 668 g/mol. The number of hydrogen-bond donors (Lipinski definition) is 0. The highest BCUT2D eigenvalue weighted by molar-refractivity contribution is 6.77. The molecule has 1 fully saturated rings. The van der Waals surface area contributed by atoms with Gasteiger partial charge in [-0.25, -0.2) is 4.98 Å². The molecule has 9 heteroatoms. The number of hydrogen-bond acceptors (Lipinski definition) is 7. The Morgan fingerprint density at radius 1 is 0.913 bits per heavy atom. The molecule has 3 heterocycles. The van der Waals surface area contributed by atoms with Crippen LogP contribution in [0.15, 0.2) is 54.9 Å². The van der Waals surface area contributed by atoms with Gasteiger partial charge in [-0.3, -0.25) is 4.98 Å². The highest BCUT2D eigenvalue weighted by Crippen LogP contribution is 2.42. The normalized spacial score (nSPS) is 16.4. The van der Waals surface area contributed by atoms with Crippen LogP contribution in [0.1, 0.15) is 97.1 Å². The second-order valence-corrected chi connectivity index (χ2v) is 18.9. The molecule has 0 saturated carbocycles. The van der Waals surface area contributed by atoms with E-state index in [2.05, 4.69) is 51.5 Å². The van der Waals surface area contributed by atoms with Gasteiger partial charge in [-0.2, -0.15) is 0 Å². The summed E-state index contributed by atoms with van der Waals surface area (Å²) in [5.41, 5.74) is 6.38. The number of rotatable bonds is 17. The Kier molecular flexibility index (Phi) is 14.1. The molecule has 3 aromatic rings. The first kappa shape index (κ1) is 36.5. The standard InChI is InChI=1S/C37H53ClN2O5Si/c1-8-41-35(18-20-45-46(26(2)3,27(4)5)28(6)7)31-14-17-36(40-23-31)43-24-29-12-16-34(38)33(21-29)30-13-15-32(39-22-30)25-44-37-11-9-10-19-42-37/h12-17,21-23,26-28,35,37H,8-11,18-20,24-25H2,1-7H3/t35-,37?/m0/s1. The van der Waals surface area contributed by atoms with Gasteiger partial charge in [-0.1, -0.05) is 65.3 Å². The molecule has 252 valence electrons. The van der Waals surface area contributed by atoms with Crippen molar-refractivity contribution in [2.75, 3.05) is 19.8 Å². The number of nitrogens with zero attached hydrogens (tertiary/aromatic N) is 2. The lowest BCUT2D eigenvalue weighted by atomic mass is 10.0. The smallest absolute Gasteiger partial charge is 0.213 e. The van der Waals surface area contributed by atoms with E-state index in [1.807, 2.05) is 61.8 Å². The van der Waals surface area contributed by atoms with Gasteiger partial charge in [0.1, 0.15) is 6.61 Å². The zero-order chi connectivity index (χ0) is 33.1. The van der Waals surface area contributed by atoms with Crippen LogP contribution < -0.4 is 4.74 Å². The molecule has 0 aliphatic carbocycles. The maximum atomic E-state index is 6.80. The number of aromatic nitrogens is 2. The first-order valence-electron chi connectivity index (χ1n) is 16.9. The van der Waals surface area contributed by atoms with E-state index in [9.17, 15) is 0 Å². The van der Waals surface area contributed by atoms with Crippen molar-refractivity contribution in [1.29, 1.82) is 0 Å². The Labute approximate surface area is 282 Å². The van der Waals surface area contributed by atoms with Crippen LogP contribution in [0.25, 0.3) is 11.1 Å². The van der Waals surface area contributed by atoms with Crippen LogP contribution in [0.3, 0.4) is 0 Å². The van der Waals surface area contributed by atoms with Gasteiger partial charge in [0.05, 0.1) is 18.4 Å². The molecule has 1 aliphatic rings. The average Bonchev–Trinajstić information content (AvgIpc) is 3.05. The molecule has 1 unspecified atom stereocenters. The Morgan fingerprint density at radius 2 is 1.70 bits per heavy atom. The summed E-state index contributed by atoms with van der Waals surface area (Å²) in [6.07, 6.45) is 7.45. The topological polar surface area (TPSA) is 71.9 Å². The first-order chi connectivity index (χ1) is 22.1. The van der Waals surface area contributed by atoms with E-state index in [1.54, 1.807) is 0 Å². The van der Waals surface area contributed by atoms with Crippen LogP contribution >= 0.6 is 11.6 Å². The van der Waals surface area contributed by atoms with Gasteiger partial charge in [-0.05, 0) is 84.6 Å². The van der Waals surface area contributed by atoms with Crippen molar-refractivity contribution in [1.82, 2.24) is 9.97 Å². The summed E-state index contributed by atoms with van der Waals surface area (Å²) in [7, 11) is -1.92. The highest BCUT2D eigenvalue weighted by Gasteiger charge is 2.45. The third kappa shape index (κ3) is 9.61. The number of halogens is 1. The zero-order valence-corrected chi connectivity index (χ0v) is 30.5. The third-order valence-corrected chi connectivity index (χ3v) is 15.5. The summed E-state index contributed by atoms with van der Waals surface area (Å²) < 4.78 is 30.5. The van der Waals surface area contributed by atoms with Crippen LogP contribution in [0.5, 0.6) is 5.88 Å². The van der Waals surface area contributed by atoms with Crippen molar-refractivity contribution < 1.29 is 23.4 Å². The summed E-state index contributed by atoms with van der Waals surface area (Å²) in [6.45, 7) is 18.8. The average molecular weight is 669 g/mol. The fourth-order valence-electron chi connectivity index (χ4n) is 6.79. The predicted octanol–water partition coefficient (Wildman–Crippen LogP) is 10.1. The fourth-order valence-corrected chi connectivity index (χ4v) is 12.5. The predicted molar refractivity (Wildman–Crippen MR) is 188 cm³/mol. The van der Waals surface area contributed by atoms with Gasteiger partial charge in [0.2, 0.25) is 5.88 Å². The van der Waals surface area contributed by atoms with E-state index in [4.69, 9.17) is 35.0 Å². The number of ether oxygens (including phenoxy) is 4. The van der Waals surface area contributed by atoms with Gasteiger partial charge in [0.25, 0.3) is 0 Å². The lowest BCUT2D eigenvalue weighted by molar-refractivity contribution is -0.169. The molecule has 1 saturated heterocycles. The second-order valence-electron chi connectivity index (χ2n) is 13.1. The molecule has 2 atom stereocenters. The molecule has 0 amide bonds. The Bertz CT molecular complexity index is 1310. The molecule has 7 nitrogen and oxygen atoms in total. The Hall–Kier alpha value is -2.33. The van der Waals surface area contributed by atoms with Gasteiger partial charge in [0.15, 0.2) is 14.6 Å². The first-order valence-corrected chi connectivity index (χ1v) is 19.5. The summed E-state index contributed by atoms with van der Waals surface area (Å²) in [4.78, 5) is 9.20. The van der Waals surface area contributed by atoms with E-state index in [0.717, 1.165) is 60.2 Å². The second kappa shape index (κ2) is 17.7. The van der Waals surface area contributed by atoms with Crippen molar-refractivity contribution in [2.45, 2.75) is 116 Å². The van der Waals surface area contributed by atoms with Gasteiger partial charge in [-0.15, -0.1) is 0 Å². The van der Waals surface area contributed by atoms with E-state index in [1.165, 1.54) is 0 Å². The SMILES string of the molecule is CCO[C@@H](CCO[Si](C(C)C)(C(C)C)C(C)C)c1ccc(OCc2ccc(Cl)c(-c3ccc(COC4CCCCO4)nc3)c2)nc1. The lowest BCUT2D eigenvalue weighted by Gasteiger charge is -2.42. The molecular formula is C37H53ClN2O5Si. The minimum Gasteiger partial charge on any atom is -0.473 e. The maximum Gasteiger partial charge on any atom is 0.213 e. The van der Waals surface area contributed by atoms with Crippen LogP contribution in [-0.4, -0.2) is 44.4 Å². The lowest BCUT2D eigenvalue weighted by Crippen LogP contribution is -2.48. The summed E-state index contributed by atoms with van der Waals surface area (Å²) in [6, 6.07) is 13.9. The van der Waals surface area contributed by atoms with Gasteiger partial charge in [0, 0.05) is 54.4 Å². The third-order valence-electron chi connectivity index (χ3n) is 9.05. The van der Waals surface area contributed by atoms with E-state index in [-0.39, 0.29) is 12.4 Å². The Morgan fingerprint density at radius 3 is 2.30 bits per heavy atom. The van der Waals surface area contributed by atoms with Crippen molar-refractivity contribution in [2.24, 2.45) is 0 Å². The molecule has 4 rings (SSSR count). The Balaban J connectivity index is 1.33. The molecule has 0 bridgehead atoms. The largest absolute Gasteiger partial charge is 0.473 e. The van der Waals surface area contributed by atoms with Crippen molar-refractivity contribution in [3.05, 3.63) is 76.7 Å². The van der Waals surface area contributed by atoms with Crippen LogP contribution in [0.2, 0.25) is 21.6 Å². The summed E-state index contributed by atoms with van der Waals surface area (Å²) in [5, 5.41) is 0.661. The van der Waals surface area contributed by atoms with Crippen LogP contribution in [-0.2, 0) is 31.9 Å². The van der Waals surface area contributed by atoms with Crippen molar-refractivity contribution in [3.8, 4) is 17.0 Å². The quantitative estimate of drug-likeness (QED) is 0.133.